The van der Waals surface area contributed by atoms with E-state index in [2.05, 4.69) is 4.98 Å². The van der Waals surface area contributed by atoms with Crippen LogP contribution in [0.5, 0.6) is 0 Å². The van der Waals surface area contributed by atoms with Gasteiger partial charge in [0.05, 0.1) is 17.2 Å². The van der Waals surface area contributed by atoms with Crippen molar-refractivity contribution >= 4 is 27.5 Å². The van der Waals surface area contributed by atoms with Crippen molar-refractivity contribution in [3.63, 3.8) is 0 Å². The van der Waals surface area contributed by atoms with Crippen LogP contribution in [0.1, 0.15) is 23.5 Å². The molecule has 22 heavy (non-hydrogen) atoms. The summed E-state index contributed by atoms with van der Waals surface area (Å²) in [4.78, 5) is 17.3. The highest BCUT2D eigenvalue weighted by Gasteiger charge is 2.47. The first-order valence-corrected chi connectivity index (χ1v) is 9.62. The average molecular weight is 345 g/mol. The molecular weight excluding hydrogens is 326 g/mol. The predicted molar refractivity (Wildman–Crippen MR) is 82.1 cm³/mol. The lowest BCUT2D eigenvalue weighted by Crippen LogP contribution is -2.48. The quantitative estimate of drug-likeness (QED) is 0.822. The fourth-order valence-corrected chi connectivity index (χ4v) is 5.14. The molecule has 1 amide bonds. The summed E-state index contributed by atoms with van der Waals surface area (Å²) in [5, 5.41) is 2.65. The van der Waals surface area contributed by atoms with E-state index in [1.54, 1.807) is 17.3 Å². The Morgan fingerprint density at radius 1 is 1.41 bits per heavy atom. The first-order chi connectivity index (χ1) is 10.3. The van der Waals surface area contributed by atoms with Crippen molar-refractivity contribution in [3.8, 4) is 0 Å². The van der Waals surface area contributed by atoms with Gasteiger partial charge in [0.25, 0.3) is 0 Å². The van der Waals surface area contributed by atoms with E-state index in [4.69, 9.17) is 4.74 Å². The summed E-state index contributed by atoms with van der Waals surface area (Å²) in [5.41, 5.74) is 0.0736. The van der Waals surface area contributed by atoms with Crippen molar-refractivity contribution in [2.75, 3.05) is 26.7 Å². The summed E-state index contributed by atoms with van der Waals surface area (Å²) in [6, 6.07) is 0. The van der Waals surface area contributed by atoms with Crippen LogP contribution in [0.2, 0.25) is 0 Å². The van der Waals surface area contributed by atoms with E-state index in [-0.39, 0.29) is 11.8 Å². The second-order valence-electron chi connectivity index (χ2n) is 5.92. The minimum Gasteiger partial charge on any atom is -0.441 e. The van der Waals surface area contributed by atoms with Gasteiger partial charge >= 0.3 is 6.09 Å². The van der Waals surface area contributed by atoms with E-state index in [0.29, 0.717) is 38.2 Å². The van der Waals surface area contributed by atoms with Crippen LogP contribution < -0.4 is 0 Å². The predicted octanol–water partition coefficient (Wildman–Crippen LogP) is 1.20. The number of carbonyl (C=O) groups is 1. The second-order valence-corrected chi connectivity index (χ2v) is 8.95. The molecule has 3 heterocycles. The zero-order valence-electron chi connectivity index (χ0n) is 12.6. The van der Waals surface area contributed by atoms with Gasteiger partial charge in [-0.1, -0.05) is 0 Å². The molecule has 1 spiro atoms. The molecule has 2 saturated heterocycles. The Morgan fingerprint density at radius 3 is 2.59 bits per heavy atom. The van der Waals surface area contributed by atoms with Crippen LogP contribution >= 0.6 is 11.3 Å². The molecule has 0 aliphatic carbocycles. The van der Waals surface area contributed by atoms with E-state index in [9.17, 15) is 13.2 Å². The summed E-state index contributed by atoms with van der Waals surface area (Å²) in [6.07, 6.45) is 0.755. The molecule has 2 aliphatic heterocycles. The lowest BCUT2D eigenvalue weighted by atomic mass is 9.92. The maximum atomic E-state index is 12.5. The fourth-order valence-electron chi connectivity index (χ4n) is 2.98. The number of rotatable bonds is 3. The summed E-state index contributed by atoms with van der Waals surface area (Å²) in [5.74, 6) is -0.0654. The number of amides is 1. The summed E-state index contributed by atoms with van der Waals surface area (Å²) in [7, 11) is -1.67. The van der Waals surface area contributed by atoms with Crippen molar-refractivity contribution in [1.29, 1.82) is 0 Å². The maximum absolute atomic E-state index is 12.5. The van der Waals surface area contributed by atoms with Gasteiger partial charge in [0, 0.05) is 38.4 Å². The third-order valence-corrected chi connectivity index (χ3v) is 6.80. The van der Waals surface area contributed by atoms with E-state index in [1.807, 2.05) is 6.92 Å². The van der Waals surface area contributed by atoms with Crippen LogP contribution in [0, 0.1) is 6.92 Å². The average Bonchev–Trinajstić information content (AvgIpc) is 2.94. The Balaban J connectivity index is 1.64. The molecule has 1 aromatic heterocycles. The number of aryl methyl sites for hydroxylation is 1. The number of carbonyl (C=O) groups excluding carboxylic acids is 1. The van der Waals surface area contributed by atoms with Gasteiger partial charge in [0.2, 0.25) is 10.0 Å². The minimum atomic E-state index is -3.37. The van der Waals surface area contributed by atoms with Crippen molar-refractivity contribution in [1.82, 2.24) is 14.2 Å². The van der Waals surface area contributed by atoms with Crippen LogP contribution in [0.25, 0.3) is 0 Å². The SMILES string of the molecule is Cc1nc(CS(=O)(=O)N2CCC3(CC2)CN(C)C(=O)O3)cs1. The number of hydrogen-bond acceptors (Lipinski definition) is 6. The summed E-state index contributed by atoms with van der Waals surface area (Å²) >= 11 is 1.45. The van der Waals surface area contributed by atoms with Gasteiger partial charge in [-0.15, -0.1) is 11.3 Å². The monoisotopic (exact) mass is 345 g/mol. The zero-order valence-corrected chi connectivity index (χ0v) is 14.2. The lowest BCUT2D eigenvalue weighted by molar-refractivity contribution is 0.0172. The second kappa shape index (κ2) is 5.47. The highest BCUT2D eigenvalue weighted by Crippen LogP contribution is 2.33. The van der Waals surface area contributed by atoms with Gasteiger partial charge in [-0.2, -0.15) is 0 Å². The van der Waals surface area contributed by atoms with E-state index < -0.39 is 15.6 Å². The molecule has 122 valence electrons. The molecule has 2 fully saturated rings. The third kappa shape index (κ3) is 2.97. The number of aromatic nitrogens is 1. The number of likely N-dealkylation sites (N-methyl/N-ethyl adjacent to an activating group) is 1. The van der Waals surface area contributed by atoms with Crippen LogP contribution in [-0.4, -0.2) is 61.0 Å². The molecule has 0 N–H and O–H groups in total. The third-order valence-electron chi connectivity index (χ3n) is 4.16. The Hall–Kier alpha value is -1.19. The summed E-state index contributed by atoms with van der Waals surface area (Å²) < 4.78 is 31.9. The van der Waals surface area contributed by atoms with Crippen molar-refractivity contribution in [2.24, 2.45) is 0 Å². The zero-order chi connectivity index (χ0) is 16.0. The largest absolute Gasteiger partial charge is 0.441 e. The molecule has 0 saturated carbocycles. The Kier molecular flexibility index (Phi) is 3.90. The molecule has 0 radical (unpaired) electrons. The van der Waals surface area contributed by atoms with Gasteiger partial charge in [0.1, 0.15) is 11.4 Å². The smallest absolute Gasteiger partial charge is 0.410 e. The number of nitrogens with zero attached hydrogens (tertiary/aromatic N) is 3. The van der Waals surface area contributed by atoms with Crippen molar-refractivity contribution < 1.29 is 17.9 Å². The fraction of sp³-hybridized carbons (Fsp3) is 0.692. The molecule has 0 aromatic carbocycles. The van der Waals surface area contributed by atoms with E-state index >= 15 is 0 Å². The molecule has 0 atom stereocenters. The molecule has 1 aromatic rings. The lowest BCUT2D eigenvalue weighted by Gasteiger charge is -2.36. The van der Waals surface area contributed by atoms with Crippen LogP contribution in [0.3, 0.4) is 0 Å². The molecule has 2 aliphatic rings. The normalized spacial score (nSPS) is 22.3. The first kappa shape index (κ1) is 15.7. The molecule has 7 nitrogen and oxygen atoms in total. The Labute approximate surface area is 133 Å². The van der Waals surface area contributed by atoms with E-state index in [0.717, 1.165) is 5.01 Å². The maximum Gasteiger partial charge on any atom is 0.410 e. The molecule has 0 unspecified atom stereocenters. The number of sulfonamides is 1. The van der Waals surface area contributed by atoms with Crippen molar-refractivity contribution in [3.05, 3.63) is 16.1 Å². The molecule has 0 bridgehead atoms. The highest BCUT2D eigenvalue weighted by atomic mass is 32.2. The number of hydrogen-bond donors (Lipinski definition) is 0. The standard InChI is InChI=1S/C13H19N3O4S2/c1-10-14-11(7-21-10)8-22(18,19)16-5-3-13(4-6-16)9-15(2)12(17)20-13/h7H,3-6,8-9H2,1-2H3. The number of piperidine rings is 1. The minimum absolute atomic E-state index is 0.0654. The first-order valence-electron chi connectivity index (χ1n) is 7.13. The topological polar surface area (TPSA) is 79.8 Å². The number of ether oxygens (including phenoxy) is 1. The van der Waals surface area contributed by atoms with Gasteiger partial charge < -0.3 is 9.64 Å². The Morgan fingerprint density at radius 2 is 2.09 bits per heavy atom. The van der Waals surface area contributed by atoms with Gasteiger partial charge in [0.15, 0.2) is 0 Å². The van der Waals surface area contributed by atoms with Gasteiger partial charge in [-0.05, 0) is 6.92 Å². The molecule has 9 heteroatoms. The Bertz CT molecular complexity index is 677. The van der Waals surface area contributed by atoms with Crippen molar-refractivity contribution in [2.45, 2.75) is 31.1 Å². The van der Waals surface area contributed by atoms with Crippen LogP contribution in [0.15, 0.2) is 5.38 Å². The van der Waals surface area contributed by atoms with Gasteiger partial charge in [-0.3, -0.25) is 0 Å². The van der Waals surface area contributed by atoms with E-state index in [1.165, 1.54) is 15.6 Å². The summed E-state index contributed by atoms with van der Waals surface area (Å²) in [6.45, 7) is 3.15. The molecular formula is C13H19N3O4S2. The van der Waals surface area contributed by atoms with Crippen LogP contribution in [0.4, 0.5) is 4.79 Å². The van der Waals surface area contributed by atoms with Crippen LogP contribution in [-0.2, 0) is 20.5 Å². The number of thiazole rings is 1. The molecule has 3 rings (SSSR count). The van der Waals surface area contributed by atoms with Gasteiger partial charge in [-0.25, -0.2) is 22.5 Å². The highest BCUT2D eigenvalue weighted by molar-refractivity contribution is 7.88.